The van der Waals surface area contributed by atoms with Crippen LogP contribution in [0, 0.1) is 11.8 Å². The van der Waals surface area contributed by atoms with E-state index in [0.29, 0.717) is 11.3 Å². The molecule has 6 N–H and O–H groups in total. The molecule has 0 radical (unpaired) electrons. The van der Waals surface area contributed by atoms with Gasteiger partial charge in [-0.05, 0) is 49.5 Å². The van der Waals surface area contributed by atoms with Crippen molar-refractivity contribution in [2.45, 2.75) is 31.8 Å². The number of hydrogen-bond donors (Lipinski definition) is 5. The zero-order valence-corrected chi connectivity index (χ0v) is 19.5. The van der Waals surface area contributed by atoms with Crippen molar-refractivity contribution in [1.82, 2.24) is 0 Å². The summed E-state index contributed by atoms with van der Waals surface area (Å²) in [5.41, 5.74) is 2.79. The van der Waals surface area contributed by atoms with Crippen molar-refractivity contribution in [2.75, 3.05) is 19.0 Å². The fraction of sp³-hybridized carbons (Fsp3) is 0.360. The predicted octanol–water partition coefficient (Wildman–Crippen LogP) is 1.25. The van der Waals surface area contributed by atoms with E-state index in [1.54, 1.807) is 25.1 Å². The lowest BCUT2D eigenvalue weighted by molar-refractivity contribution is -0.144. The number of primary amides is 1. The Morgan fingerprint density at radius 1 is 1.17 bits per heavy atom. The van der Waals surface area contributed by atoms with Crippen molar-refractivity contribution in [3.05, 3.63) is 51.5 Å². The quantitative estimate of drug-likeness (QED) is 0.312. The molecule has 3 aliphatic carbocycles. The van der Waals surface area contributed by atoms with Gasteiger partial charge in [0, 0.05) is 43.3 Å². The van der Waals surface area contributed by atoms with Gasteiger partial charge >= 0.3 is 0 Å². The molecule has 4 rings (SSSR count). The number of aliphatic hydroxyl groups is 3. The highest BCUT2D eigenvalue weighted by Crippen LogP contribution is 2.52. The lowest BCUT2D eigenvalue weighted by Gasteiger charge is -2.45. The van der Waals surface area contributed by atoms with Gasteiger partial charge in [-0.2, -0.15) is 0 Å². The largest absolute Gasteiger partial charge is 0.511 e. The molecule has 0 fully saturated rings. The van der Waals surface area contributed by atoms with Crippen LogP contribution < -0.4 is 10.6 Å². The van der Waals surface area contributed by atoms with Crippen molar-refractivity contribution in [2.24, 2.45) is 17.6 Å². The van der Waals surface area contributed by atoms with Gasteiger partial charge in [-0.25, -0.2) is 0 Å². The van der Waals surface area contributed by atoms with Crippen LogP contribution in [0.3, 0.4) is 0 Å². The second-order valence-electron chi connectivity index (χ2n) is 9.44. The van der Waals surface area contributed by atoms with E-state index in [4.69, 9.17) is 5.73 Å². The first kappa shape index (κ1) is 24.2. The number of fused-ring (bicyclic) bond motifs is 3. The second kappa shape index (κ2) is 8.09. The Hall–Kier alpha value is -3.92. The standard InChI is InChI=1S/C25H26N2O8/c1-10(28)4-5-11-8-15(27(2)3)14-7-12-6-13-9-16(29)19(24(26)34)23(33)25(13,35)22(32)17(12)21(31)18(14)20(11)30/h4-5,8,12-13,29-30,32,35H,6-7,9H2,1-3H3,(H2,26,34)/b5-4+/t12-,13+,25+/m1/s1. The molecular formula is C25H26N2O8. The first-order valence-corrected chi connectivity index (χ1v) is 11.0. The Balaban J connectivity index is 1.94. The molecule has 0 aliphatic heterocycles. The highest BCUT2D eigenvalue weighted by atomic mass is 16.3. The lowest BCUT2D eigenvalue weighted by atomic mass is 9.60. The van der Waals surface area contributed by atoms with Crippen LogP contribution in [0.4, 0.5) is 5.69 Å². The SMILES string of the molecule is CC(=O)/C=C/c1cc(N(C)C)c2c(c1O)C(=O)C1=C(O)[C@]3(O)C(=O)C(C(N)=O)=C(O)C[C@@H]3C[C@@H]1C2. The Morgan fingerprint density at radius 3 is 2.40 bits per heavy atom. The average Bonchev–Trinajstić information content (AvgIpc) is 2.75. The van der Waals surface area contributed by atoms with Crippen LogP contribution in [0.25, 0.3) is 6.08 Å². The number of Topliss-reactive ketones (excluding diaryl/α,β-unsaturated/α-hetero) is 2. The van der Waals surface area contributed by atoms with Gasteiger partial charge in [-0.3, -0.25) is 19.2 Å². The monoisotopic (exact) mass is 482 g/mol. The molecule has 3 aliphatic rings. The van der Waals surface area contributed by atoms with Crippen LogP contribution >= 0.6 is 0 Å². The minimum atomic E-state index is -2.61. The number of benzene rings is 1. The number of phenols is 1. The van der Waals surface area contributed by atoms with E-state index < -0.39 is 57.8 Å². The summed E-state index contributed by atoms with van der Waals surface area (Å²) in [6.07, 6.45) is 2.59. The minimum Gasteiger partial charge on any atom is -0.511 e. The van der Waals surface area contributed by atoms with Crippen molar-refractivity contribution in [3.63, 3.8) is 0 Å². The molecule has 0 heterocycles. The second-order valence-corrected chi connectivity index (χ2v) is 9.44. The third-order valence-corrected chi connectivity index (χ3v) is 7.05. The summed E-state index contributed by atoms with van der Waals surface area (Å²) in [5, 5.41) is 43.6. The Morgan fingerprint density at radius 2 is 1.83 bits per heavy atom. The number of carbonyl (C=O) groups is 4. The number of anilines is 1. The average molecular weight is 482 g/mol. The molecule has 3 atom stereocenters. The van der Waals surface area contributed by atoms with Crippen LogP contribution in [0.2, 0.25) is 0 Å². The normalized spacial score (nSPS) is 25.9. The molecule has 0 saturated heterocycles. The van der Waals surface area contributed by atoms with E-state index >= 15 is 0 Å². The third kappa shape index (κ3) is 3.44. The first-order chi connectivity index (χ1) is 16.3. The van der Waals surface area contributed by atoms with E-state index in [2.05, 4.69) is 0 Å². The van der Waals surface area contributed by atoms with Crippen LogP contribution in [0.1, 0.15) is 41.3 Å². The van der Waals surface area contributed by atoms with Crippen LogP contribution in [0.15, 0.2) is 34.8 Å². The molecule has 10 nitrogen and oxygen atoms in total. The van der Waals surface area contributed by atoms with E-state index in [9.17, 15) is 39.6 Å². The number of aliphatic hydroxyl groups excluding tert-OH is 2. The number of carbonyl (C=O) groups excluding carboxylic acids is 4. The fourth-order valence-electron chi connectivity index (χ4n) is 5.42. The van der Waals surface area contributed by atoms with E-state index in [1.807, 2.05) is 0 Å². The van der Waals surface area contributed by atoms with Crippen molar-refractivity contribution in [3.8, 4) is 5.75 Å². The number of allylic oxidation sites excluding steroid dienone is 3. The van der Waals surface area contributed by atoms with Crippen LogP contribution in [0.5, 0.6) is 5.75 Å². The maximum absolute atomic E-state index is 13.7. The topological polar surface area (TPSA) is 178 Å². The summed E-state index contributed by atoms with van der Waals surface area (Å²) in [6, 6.07) is 1.65. The number of nitrogens with zero attached hydrogens (tertiary/aromatic N) is 1. The summed E-state index contributed by atoms with van der Waals surface area (Å²) in [6.45, 7) is 1.34. The van der Waals surface area contributed by atoms with Crippen molar-refractivity contribution < 1.29 is 39.6 Å². The van der Waals surface area contributed by atoms with Gasteiger partial charge < -0.3 is 31.1 Å². The minimum absolute atomic E-state index is 0.0581. The maximum Gasteiger partial charge on any atom is 0.255 e. The number of hydrogen-bond acceptors (Lipinski definition) is 9. The molecule has 1 aromatic carbocycles. The summed E-state index contributed by atoms with van der Waals surface area (Å²) in [4.78, 5) is 51.6. The summed E-state index contributed by atoms with van der Waals surface area (Å²) in [7, 11) is 3.51. The first-order valence-electron chi connectivity index (χ1n) is 11.0. The van der Waals surface area contributed by atoms with Gasteiger partial charge in [0.2, 0.25) is 5.78 Å². The molecule has 0 saturated carbocycles. The molecule has 10 heteroatoms. The van der Waals surface area contributed by atoms with Crippen molar-refractivity contribution in [1.29, 1.82) is 0 Å². The molecule has 184 valence electrons. The molecule has 0 aromatic heterocycles. The summed E-state index contributed by atoms with van der Waals surface area (Å²) < 4.78 is 0. The van der Waals surface area contributed by atoms with E-state index in [1.165, 1.54) is 19.1 Å². The lowest BCUT2D eigenvalue weighted by Crippen LogP contribution is -2.57. The molecular weight excluding hydrogens is 456 g/mol. The molecule has 0 spiro atoms. The Bertz CT molecular complexity index is 1300. The Labute approximate surface area is 200 Å². The summed E-state index contributed by atoms with van der Waals surface area (Å²) >= 11 is 0. The van der Waals surface area contributed by atoms with E-state index in [-0.39, 0.29) is 41.7 Å². The predicted molar refractivity (Wildman–Crippen MR) is 125 cm³/mol. The summed E-state index contributed by atoms with van der Waals surface area (Å²) in [5.74, 6) is -7.03. The number of aromatic hydroxyl groups is 1. The molecule has 35 heavy (non-hydrogen) atoms. The molecule has 0 bridgehead atoms. The number of rotatable bonds is 4. The molecule has 1 aromatic rings. The molecule has 1 amide bonds. The smallest absolute Gasteiger partial charge is 0.255 e. The van der Waals surface area contributed by atoms with Gasteiger partial charge in [0.05, 0.1) is 5.56 Å². The van der Waals surface area contributed by atoms with Gasteiger partial charge in [0.1, 0.15) is 22.8 Å². The highest BCUT2D eigenvalue weighted by molar-refractivity contribution is 6.24. The number of nitrogens with two attached hydrogens (primary N) is 1. The van der Waals surface area contributed by atoms with Gasteiger partial charge in [-0.1, -0.05) is 0 Å². The zero-order valence-electron chi connectivity index (χ0n) is 19.5. The number of phenolic OH excluding ortho intramolecular Hbond substituents is 1. The van der Waals surface area contributed by atoms with Gasteiger partial charge in [-0.15, -0.1) is 0 Å². The van der Waals surface area contributed by atoms with Gasteiger partial charge in [0.15, 0.2) is 17.2 Å². The van der Waals surface area contributed by atoms with Gasteiger partial charge in [0.25, 0.3) is 5.91 Å². The third-order valence-electron chi connectivity index (χ3n) is 7.05. The number of amides is 1. The van der Waals surface area contributed by atoms with E-state index in [0.717, 1.165) is 0 Å². The highest BCUT2D eigenvalue weighted by Gasteiger charge is 2.59. The van der Waals surface area contributed by atoms with Crippen molar-refractivity contribution >= 4 is 35.0 Å². The number of ketones is 3. The zero-order chi connectivity index (χ0) is 26.0. The fourth-order valence-corrected chi connectivity index (χ4v) is 5.42. The molecule has 0 unspecified atom stereocenters. The van der Waals surface area contributed by atoms with Crippen LogP contribution in [-0.4, -0.2) is 63.4 Å². The van der Waals surface area contributed by atoms with Crippen LogP contribution in [-0.2, 0) is 20.8 Å². The Kier molecular flexibility index (Phi) is 5.60. The maximum atomic E-state index is 13.7.